The Labute approximate surface area is 176 Å². The van der Waals surface area contributed by atoms with Gasteiger partial charge in [-0.05, 0) is 36.4 Å². The molecule has 4 rings (SSSR count). The van der Waals surface area contributed by atoms with Crippen LogP contribution in [0.4, 0.5) is 16.0 Å². The average Bonchev–Trinajstić information content (AvgIpc) is 2.80. The number of nitro groups is 1. The number of nitro benzene ring substituents is 1. The molecule has 2 aromatic carbocycles. The molecule has 1 amide bonds. The van der Waals surface area contributed by atoms with Crippen molar-refractivity contribution in [3.8, 4) is 11.6 Å². The van der Waals surface area contributed by atoms with Gasteiger partial charge in [-0.15, -0.1) is 0 Å². The van der Waals surface area contributed by atoms with Gasteiger partial charge in [-0.1, -0.05) is 0 Å². The molecule has 0 N–H and O–H groups in total. The maximum absolute atomic E-state index is 13.0. The second-order valence-electron chi connectivity index (χ2n) is 6.83. The average molecular weight is 423 g/mol. The summed E-state index contributed by atoms with van der Waals surface area (Å²) in [6.45, 7) is 1.97. The van der Waals surface area contributed by atoms with E-state index in [0.717, 1.165) is 0 Å². The van der Waals surface area contributed by atoms with Gasteiger partial charge < -0.3 is 14.5 Å². The van der Waals surface area contributed by atoms with E-state index in [9.17, 15) is 19.3 Å². The lowest BCUT2D eigenvalue weighted by Gasteiger charge is -2.34. The van der Waals surface area contributed by atoms with Crippen molar-refractivity contribution in [2.45, 2.75) is 0 Å². The first-order chi connectivity index (χ1) is 15.0. The van der Waals surface area contributed by atoms with Crippen LogP contribution in [0.5, 0.6) is 11.6 Å². The fraction of sp³-hybridized carbons (Fsp3) is 0.190. The minimum atomic E-state index is -0.499. The Morgan fingerprint density at radius 2 is 1.68 bits per heavy atom. The summed E-state index contributed by atoms with van der Waals surface area (Å²) in [4.78, 5) is 35.2. The Hall–Kier alpha value is -4.08. The molecule has 1 aliphatic rings. The number of halogens is 1. The molecule has 0 bridgehead atoms. The molecule has 3 aromatic rings. The van der Waals surface area contributed by atoms with Crippen LogP contribution in [-0.2, 0) is 0 Å². The molecule has 1 saturated heterocycles. The van der Waals surface area contributed by atoms with Crippen LogP contribution in [0, 0.1) is 15.9 Å². The van der Waals surface area contributed by atoms with Crippen LogP contribution in [0.15, 0.2) is 60.8 Å². The molecule has 1 aliphatic heterocycles. The van der Waals surface area contributed by atoms with E-state index in [4.69, 9.17) is 4.74 Å². The van der Waals surface area contributed by atoms with Gasteiger partial charge in [-0.3, -0.25) is 14.9 Å². The van der Waals surface area contributed by atoms with Crippen LogP contribution in [0.3, 0.4) is 0 Å². The van der Waals surface area contributed by atoms with Gasteiger partial charge in [0, 0.05) is 56.1 Å². The number of amides is 1. The van der Waals surface area contributed by atoms with E-state index < -0.39 is 4.92 Å². The SMILES string of the molecule is O=C(c1ccc([N+](=O)[O-])cc1)N1CCN(c2nccc(Oc3ccc(F)cc3)n2)CC1. The largest absolute Gasteiger partial charge is 0.439 e. The fourth-order valence-corrected chi connectivity index (χ4v) is 3.18. The van der Waals surface area contributed by atoms with E-state index in [1.54, 1.807) is 17.2 Å². The van der Waals surface area contributed by atoms with Crippen LogP contribution < -0.4 is 9.64 Å². The second-order valence-corrected chi connectivity index (χ2v) is 6.83. The molecule has 1 fully saturated rings. The number of hydrogen-bond acceptors (Lipinski definition) is 7. The smallest absolute Gasteiger partial charge is 0.269 e. The molecule has 158 valence electrons. The van der Waals surface area contributed by atoms with E-state index in [0.29, 0.717) is 49.3 Å². The molecule has 2 heterocycles. The van der Waals surface area contributed by atoms with Crippen molar-refractivity contribution in [2.24, 2.45) is 0 Å². The standard InChI is InChI=1S/C21H18FN5O4/c22-16-3-7-18(8-4-16)31-19-9-10-23-21(24-19)26-13-11-25(12-14-26)20(28)15-1-5-17(6-2-15)27(29)30/h1-10H,11-14H2. The number of carbonyl (C=O) groups is 1. The Morgan fingerprint density at radius 1 is 1.00 bits per heavy atom. The summed E-state index contributed by atoms with van der Waals surface area (Å²) in [5, 5.41) is 10.8. The zero-order valence-electron chi connectivity index (χ0n) is 16.3. The van der Waals surface area contributed by atoms with Crippen molar-refractivity contribution < 1.29 is 18.8 Å². The van der Waals surface area contributed by atoms with Gasteiger partial charge in [-0.2, -0.15) is 4.98 Å². The third-order valence-corrected chi connectivity index (χ3v) is 4.83. The molecular weight excluding hydrogens is 405 g/mol. The lowest BCUT2D eigenvalue weighted by molar-refractivity contribution is -0.384. The predicted molar refractivity (Wildman–Crippen MR) is 110 cm³/mol. The summed E-state index contributed by atoms with van der Waals surface area (Å²) in [7, 11) is 0. The van der Waals surface area contributed by atoms with Crippen molar-refractivity contribution in [1.29, 1.82) is 0 Å². The molecule has 0 saturated carbocycles. The number of anilines is 1. The Bertz CT molecular complexity index is 1080. The number of ether oxygens (including phenoxy) is 1. The third-order valence-electron chi connectivity index (χ3n) is 4.83. The minimum Gasteiger partial charge on any atom is -0.439 e. The van der Waals surface area contributed by atoms with Crippen molar-refractivity contribution in [3.05, 3.63) is 82.3 Å². The van der Waals surface area contributed by atoms with Crippen LogP contribution in [0.1, 0.15) is 10.4 Å². The summed E-state index contributed by atoms with van der Waals surface area (Å²) >= 11 is 0. The molecule has 0 atom stereocenters. The van der Waals surface area contributed by atoms with E-state index in [1.165, 1.54) is 48.5 Å². The van der Waals surface area contributed by atoms with E-state index in [1.807, 2.05) is 4.90 Å². The van der Waals surface area contributed by atoms with Crippen LogP contribution in [0.25, 0.3) is 0 Å². The molecule has 0 radical (unpaired) electrons. The maximum Gasteiger partial charge on any atom is 0.269 e. The fourth-order valence-electron chi connectivity index (χ4n) is 3.18. The van der Waals surface area contributed by atoms with Crippen molar-refractivity contribution >= 4 is 17.5 Å². The van der Waals surface area contributed by atoms with Crippen molar-refractivity contribution in [3.63, 3.8) is 0 Å². The first-order valence-corrected chi connectivity index (χ1v) is 9.55. The number of nitrogens with zero attached hydrogens (tertiary/aromatic N) is 5. The van der Waals surface area contributed by atoms with Gasteiger partial charge >= 0.3 is 0 Å². The Balaban J connectivity index is 1.37. The van der Waals surface area contributed by atoms with Crippen molar-refractivity contribution in [2.75, 3.05) is 31.1 Å². The quantitative estimate of drug-likeness (QED) is 0.458. The highest BCUT2D eigenvalue weighted by atomic mass is 19.1. The number of hydrogen-bond donors (Lipinski definition) is 0. The normalized spacial score (nSPS) is 13.7. The van der Waals surface area contributed by atoms with Crippen LogP contribution >= 0.6 is 0 Å². The molecule has 31 heavy (non-hydrogen) atoms. The highest BCUT2D eigenvalue weighted by Crippen LogP contribution is 2.22. The van der Waals surface area contributed by atoms with Crippen LogP contribution in [0.2, 0.25) is 0 Å². The number of piperazine rings is 1. The lowest BCUT2D eigenvalue weighted by atomic mass is 10.1. The zero-order valence-corrected chi connectivity index (χ0v) is 16.3. The van der Waals surface area contributed by atoms with Crippen molar-refractivity contribution in [1.82, 2.24) is 14.9 Å². The Morgan fingerprint density at radius 3 is 2.32 bits per heavy atom. The number of aromatic nitrogens is 2. The molecule has 0 aliphatic carbocycles. The Kier molecular flexibility index (Phi) is 5.69. The summed E-state index contributed by atoms with van der Waals surface area (Å²) in [6.07, 6.45) is 1.58. The predicted octanol–water partition coefficient (Wildman–Crippen LogP) is 3.28. The molecule has 0 spiro atoms. The van der Waals surface area contributed by atoms with Gasteiger partial charge in [-0.25, -0.2) is 9.37 Å². The summed E-state index contributed by atoms with van der Waals surface area (Å²) < 4.78 is 18.7. The second kappa shape index (κ2) is 8.74. The number of rotatable bonds is 5. The molecule has 1 aromatic heterocycles. The van der Waals surface area contributed by atoms with E-state index in [-0.39, 0.29) is 17.4 Å². The zero-order chi connectivity index (χ0) is 21.8. The molecule has 0 unspecified atom stereocenters. The first kappa shape index (κ1) is 20.2. The first-order valence-electron chi connectivity index (χ1n) is 9.55. The number of benzene rings is 2. The summed E-state index contributed by atoms with van der Waals surface area (Å²) in [5.74, 6) is 0.744. The van der Waals surface area contributed by atoms with Gasteiger partial charge in [0.05, 0.1) is 4.92 Å². The molecule has 10 heteroatoms. The highest BCUT2D eigenvalue weighted by molar-refractivity contribution is 5.94. The van der Waals surface area contributed by atoms with Gasteiger partial charge in [0.2, 0.25) is 11.8 Å². The summed E-state index contributed by atoms with van der Waals surface area (Å²) in [6, 6.07) is 12.8. The number of carbonyl (C=O) groups excluding carboxylic acids is 1. The highest BCUT2D eigenvalue weighted by Gasteiger charge is 2.24. The van der Waals surface area contributed by atoms with E-state index in [2.05, 4.69) is 9.97 Å². The number of non-ortho nitro benzene ring substituents is 1. The van der Waals surface area contributed by atoms with Gasteiger partial charge in [0.25, 0.3) is 11.6 Å². The molecule has 9 nitrogen and oxygen atoms in total. The maximum atomic E-state index is 13.0. The monoisotopic (exact) mass is 423 g/mol. The minimum absolute atomic E-state index is 0.0544. The van der Waals surface area contributed by atoms with E-state index >= 15 is 0 Å². The molecular formula is C21H18FN5O4. The van der Waals surface area contributed by atoms with Gasteiger partial charge in [0.1, 0.15) is 11.6 Å². The third kappa shape index (κ3) is 4.74. The summed E-state index contributed by atoms with van der Waals surface area (Å²) in [5.41, 5.74) is 0.353. The van der Waals surface area contributed by atoms with Gasteiger partial charge in [0.15, 0.2) is 0 Å². The van der Waals surface area contributed by atoms with Crippen LogP contribution in [-0.4, -0.2) is 51.9 Å². The lowest BCUT2D eigenvalue weighted by Crippen LogP contribution is -2.49. The topological polar surface area (TPSA) is 102 Å².